The lowest BCUT2D eigenvalue weighted by Gasteiger charge is -2.09. The van der Waals surface area contributed by atoms with Crippen LogP contribution >= 0.6 is 0 Å². The Labute approximate surface area is 180 Å². The Bertz CT molecular complexity index is 1060. The molecule has 4 aromatic rings. The number of benzene rings is 4. The molecule has 5 nitrogen and oxygen atoms in total. The van der Waals surface area contributed by atoms with E-state index in [0.29, 0.717) is 34.0 Å². The van der Waals surface area contributed by atoms with Gasteiger partial charge in [0.25, 0.3) is 11.8 Å². The Balaban J connectivity index is 1.34. The first-order valence-corrected chi connectivity index (χ1v) is 9.78. The molecule has 5 heteroatoms. The van der Waals surface area contributed by atoms with E-state index in [1.54, 1.807) is 72.8 Å². The Kier molecular flexibility index (Phi) is 6.05. The van der Waals surface area contributed by atoms with Gasteiger partial charge in [-0.3, -0.25) is 9.59 Å². The van der Waals surface area contributed by atoms with E-state index in [9.17, 15) is 9.59 Å². The molecule has 0 aliphatic heterocycles. The van der Waals surface area contributed by atoms with Crippen LogP contribution in [0.1, 0.15) is 20.7 Å². The molecule has 0 saturated carbocycles. The van der Waals surface area contributed by atoms with E-state index in [1.807, 2.05) is 36.4 Å². The summed E-state index contributed by atoms with van der Waals surface area (Å²) in [4.78, 5) is 24.4. The number of hydrogen-bond donors (Lipinski definition) is 2. The van der Waals surface area contributed by atoms with E-state index >= 15 is 0 Å². The predicted octanol–water partition coefficient (Wildman–Crippen LogP) is 5.98. The molecular weight excluding hydrogens is 388 g/mol. The van der Waals surface area contributed by atoms with Crippen LogP contribution in [0.25, 0.3) is 0 Å². The zero-order valence-corrected chi connectivity index (χ0v) is 16.6. The molecule has 0 aliphatic carbocycles. The number of anilines is 2. The normalized spacial score (nSPS) is 10.2. The monoisotopic (exact) mass is 408 g/mol. The van der Waals surface area contributed by atoms with Crippen molar-refractivity contribution in [1.82, 2.24) is 0 Å². The highest BCUT2D eigenvalue weighted by Crippen LogP contribution is 2.25. The zero-order valence-electron chi connectivity index (χ0n) is 16.6. The molecule has 0 saturated heterocycles. The molecule has 0 unspecified atom stereocenters. The molecule has 0 bridgehead atoms. The molecule has 0 aliphatic rings. The smallest absolute Gasteiger partial charge is 0.255 e. The molecule has 0 aromatic heterocycles. The average molecular weight is 408 g/mol. The second kappa shape index (κ2) is 9.41. The topological polar surface area (TPSA) is 67.4 Å². The van der Waals surface area contributed by atoms with E-state index in [1.165, 1.54) is 0 Å². The van der Waals surface area contributed by atoms with Crippen LogP contribution in [0.5, 0.6) is 11.5 Å². The summed E-state index contributed by atoms with van der Waals surface area (Å²) < 4.78 is 5.84. The minimum atomic E-state index is -0.164. The van der Waals surface area contributed by atoms with Gasteiger partial charge in [0.15, 0.2) is 0 Å². The van der Waals surface area contributed by atoms with Gasteiger partial charge in [-0.05, 0) is 72.8 Å². The Morgan fingerprint density at radius 1 is 0.484 bits per heavy atom. The van der Waals surface area contributed by atoms with Crippen molar-refractivity contribution in [1.29, 1.82) is 0 Å². The van der Waals surface area contributed by atoms with E-state index in [-0.39, 0.29) is 11.8 Å². The van der Waals surface area contributed by atoms with Gasteiger partial charge in [0.2, 0.25) is 0 Å². The first-order chi connectivity index (χ1) is 15.2. The van der Waals surface area contributed by atoms with E-state index in [4.69, 9.17) is 4.74 Å². The van der Waals surface area contributed by atoms with Gasteiger partial charge in [-0.25, -0.2) is 0 Å². The maximum absolute atomic E-state index is 12.2. The molecule has 152 valence electrons. The van der Waals surface area contributed by atoms with Gasteiger partial charge in [0.05, 0.1) is 0 Å². The van der Waals surface area contributed by atoms with Gasteiger partial charge in [-0.2, -0.15) is 0 Å². The van der Waals surface area contributed by atoms with Crippen molar-refractivity contribution in [2.24, 2.45) is 0 Å². The first kappa shape index (κ1) is 19.9. The number of rotatable bonds is 6. The van der Waals surface area contributed by atoms with Crippen LogP contribution in [0, 0.1) is 0 Å². The van der Waals surface area contributed by atoms with Crippen molar-refractivity contribution in [3.05, 3.63) is 120 Å². The van der Waals surface area contributed by atoms with Crippen LogP contribution < -0.4 is 15.4 Å². The molecule has 2 N–H and O–H groups in total. The quantitative estimate of drug-likeness (QED) is 0.412. The van der Waals surface area contributed by atoms with Crippen molar-refractivity contribution >= 4 is 23.2 Å². The van der Waals surface area contributed by atoms with Gasteiger partial charge >= 0.3 is 0 Å². The lowest BCUT2D eigenvalue weighted by atomic mass is 10.2. The summed E-state index contributed by atoms with van der Waals surface area (Å²) in [5.41, 5.74) is 2.56. The number of amides is 2. The maximum atomic E-state index is 12.2. The van der Waals surface area contributed by atoms with Crippen LogP contribution in [0.15, 0.2) is 109 Å². The van der Waals surface area contributed by atoms with Gasteiger partial charge in [-0.15, -0.1) is 0 Å². The second-order valence-electron chi connectivity index (χ2n) is 6.79. The van der Waals surface area contributed by atoms with Gasteiger partial charge in [0, 0.05) is 22.5 Å². The van der Waals surface area contributed by atoms with Crippen LogP contribution in [0.3, 0.4) is 0 Å². The molecule has 0 atom stereocenters. The summed E-state index contributed by atoms with van der Waals surface area (Å²) >= 11 is 0. The standard InChI is InChI=1S/C26H20N2O3/c29-25(19-7-3-1-4-8-19)27-21-11-15-23(16-12-21)31-24-17-13-22(14-18-24)28-26(30)20-9-5-2-6-10-20/h1-18H,(H,27,29)(H,28,30). The summed E-state index contributed by atoms with van der Waals surface area (Å²) in [6.07, 6.45) is 0. The van der Waals surface area contributed by atoms with Crippen LogP contribution in [0.4, 0.5) is 11.4 Å². The highest BCUT2D eigenvalue weighted by molar-refractivity contribution is 6.04. The summed E-state index contributed by atoms with van der Waals surface area (Å²) in [5.74, 6) is 0.947. The number of ether oxygens (including phenoxy) is 1. The Morgan fingerprint density at radius 2 is 0.839 bits per heavy atom. The lowest BCUT2D eigenvalue weighted by molar-refractivity contribution is 0.101. The molecule has 0 heterocycles. The SMILES string of the molecule is O=C(Nc1ccc(Oc2ccc(NC(=O)c3ccccc3)cc2)cc1)c1ccccc1. The van der Waals surface area contributed by atoms with Crippen molar-refractivity contribution in [2.45, 2.75) is 0 Å². The van der Waals surface area contributed by atoms with Gasteiger partial charge in [-0.1, -0.05) is 36.4 Å². The zero-order chi connectivity index (χ0) is 21.5. The van der Waals surface area contributed by atoms with Gasteiger partial charge in [0.1, 0.15) is 11.5 Å². The molecule has 0 fully saturated rings. The molecular formula is C26H20N2O3. The molecule has 0 radical (unpaired) electrons. The molecule has 0 spiro atoms. The minimum Gasteiger partial charge on any atom is -0.457 e. The number of nitrogens with one attached hydrogen (secondary N) is 2. The van der Waals surface area contributed by atoms with E-state index < -0.39 is 0 Å². The first-order valence-electron chi connectivity index (χ1n) is 9.78. The van der Waals surface area contributed by atoms with Crippen molar-refractivity contribution in [2.75, 3.05) is 10.6 Å². The Hall–Kier alpha value is -4.38. The molecule has 4 aromatic carbocycles. The van der Waals surface area contributed by atoms with Crippen LogP contribution in [-0.4, -0.2) is 11.8 Å². The average Bonchev–Trinajstić information content (AvgIpc) is 2.82. The Morgan fingerprint density at radius 3 is 1.19 bits per heavy atom. The van der Waals surface area contributed by atoms with Crippen LogP contribution in [-0.2, 0) is 0 Å². The highest BCUT2D eigenvalue weighted by Gasteiger charge is 2.07. The summed E-state index contributed by atoms with van der Waals surface area (Å²) in [7, 11) is 0. The third-order valence-electron chi connectivity index (χ3n) is 4.53. The summed E-state index contributed by atoms with van der Waals surface area (Å²) in [6, 6.07) is 32.3. The number of hydrogen-bond acceptors (Lipinski definition) is 3. The third kappa shape index (κ3) is 5.36. The highest BCUT2D eigenvalue weighted by atomic mass is 16.5. The summed E-state index contributed by atoms with van der Waals surface area (Å²) in [5, 5.41) is 5.71. The number of carbonyl (C=O) groups excluding carboxylic acids is 2. The van der Waals surface area contributed by atoms with E-state index in [2.05, 4.69) is 10.6 Å². The fraction of sp³-hybridized carbons (Fsp3) is 0. The lowest BCUT2D eigenvalue weighted by Crippen LogP contribution is -2.11. The number of carbonyl (C=O) groups is 2. The van der Waals surface area contributed by atoms with Crippen LogP contribution in [0.2, 0.25) is 0 Å². The molecule has 4 rings (SSSR count). The predicted molar refractivity (Wildman–Crippen MR) is 122 cm³/mol. The van der Waals surface area contributed by atoms with E-state index in [0.717, 1.165) is 0 Å². The van der Waals surface area contributed by atoms with Crippen molar-refractivity contribution in [3.8, 4) is 11.5 Å². The third-order valence-corrected chi connectivity index (χ3v) is 4.53. The maximum Gasteiger partial charge on any atom is 0.255 e. The molecule has 2 amide bonds. The minimum absolute atomic E-state index is 0.164. The fourth-order valence-corrected chi connectivity index (χ4v) is 2.93. The summed E-state index contributed by atoms with van der Waals surface area (Å²) in [6.45, 7) is 0. The largest absolute Gasteiger partial charge is 0.457 e. The fourth-order valence-electron chi connectivity index (χ4n) is 2.93. The van der Waals surface area contributed by atoms with Crippen molar-refractivity contribution in [3.63, 3.8) is 0 Å². The van der Waals surface area contributed by atoms with Crippen molar-refractivity contribution < 1.29 is 14.3 Å². The molecule has 31 heavy (non-hydrogen) atoms. The van der Waals surface area contributed by atoms with Gasteiger partial charge < -0.3 is 15.4 Å². The second-order valence-corrected chi connectivity index (χ2v) is 6.79.